The van der Waals surface area contributed by atoms with E-state index in [0.717, 1.165) is 31.2 Å². The average molecular weight is 396 g/mol. The number of carbonyl (C=O) groups is 2. The maximum atomic E-state index is 12.9. The molecule has 1 fully saturated rings. The standard InChI is InChI=1S/C22H28N4O3/c1-14(15-6-4-3-5-7-15)26-13-16(12-19(22(26)29)21(28)24-2)20(27)25-18-10-8-17(23)9-11-18/h3-7,12-14,17-18H,8-11,23H2,1-2H3,(H,24,28)(H,25,27)/t14-,17?,18?/m1/s1. The molecular formula is C22H28N4O3. The van der Waals surface area contributed by atoms with Gasteiger partial charge in [-0.3, -0.25) is 14.4 Å². The smallest absolute Gasteiger partial charge is 0.264 e. The Balaban J connectivity index is 1.95. The minimum Gasteiger partial charge on any atom is -0.355 e. The second-order valence-electron chi connectivity index (χ2n) is 7.61. The third kappa shape index (κ3) is 4.74. The summed E-state index contributed by atoms with van der Waals surface area (Å²) in [6.45, 7) is 1.87. The van der Waals surface area contributed by atoms with Crippen LogP contribution in [0.1, 0.15) is 64.9 Å². The van der Waals surface area contributed by atoms with Gasteiger partial charge in [-0.1, -0.05) is 30.3 Å². The molecule has 2 amide bonds. The number of benzene rings is 1. The van der Waals surface area contributed by atoms with Gasteiger partial charge in [0.1, 0.15) is 5.56 Å². The largest absolute Gasteiger partial charge is 0.355 e. The number of pyridine rings is 1. The van der Waals surface area contributed by atoms with Crippen molar-refractivity contribution >= 4 is 11.8 Å². The van der Waals surface area contributed by atoms with Gasteiger partial charge in [0.15, 0.2) is 0 Å². The van der Waals surface area contributed by atoms with Crippen LogP contribution < -0.4 is 21.9 Å². The lowest BCUT2D eigenvalue weighted by atomic mass is 9.91. The lowest BCUT2D eigenvalue weighted by Crippen LogP contribution is -2.41. The first-order chi connectivity index (χ1) is 13.9. The van der Waals surface area contributed by atoms with Crippen LogP contribution >= 0.6 is 0 Å². The number of hydrogen-bond acceptors (Lipinski definition) is 4. The molecule has 1 aromatic heterocycles. The molecule has 1 aromatic carbocycles. The fourth-order valence-corrected chi connectivity index (χ4v) is 3.74. The summed E-state index contributed by atoms with van der Waals surface area (Å²) in [7, 11) is 1.46. The van der Waals surface area contributed by atoms with Gasteiger partial charge in [-0.25, -0.2) is 0 Å². The first kappa shape index (κ1) is 20.8. The molecule has 4 N–H and O–H groups in total. The molecule has 0 spiro atoms. The van der Waals surface area contributed by atoms with E-state index in [9.17, 15) is 14.4 Å². The summed E-state index contributed by atoms with van der Waals surface area (Å²) >= 11 is 0. The summed E-state index contributed by atoms with van der Waals surface area (Å²) in [6.07, 6.45) is 4.94. The fourth-order valence-electron chi connectivity index (χ4n) is 3.74. The number of carbonyl (C=O) groups excluding carboxylic acids is 2. The van der Waals surface area contributed by atoms with Crippen molar-refractivity contribution in [3.8, 4) is 0 Å². The highest BCUT2D eigenvalue weighted by Crippen LogP contribution is 2.19. The van der Waals surface area contributed by atoms with Crippen LogP contribution in [0.25, 0.3) is 0 Å². The molecule has 0 bridgehead atoms. The van der Waals surface area contributed by atoms with Crippen molar-refractivity contribution < 1.29 is 9.59 Å². The van der Waals surface area contributed by atoms with E-state index < -0.39 is 11.5 Å². The van der Waals surface area contributed by atoms with Crippen LogP contribution in [-0.4, -0.2) is 35.5 Å². The van der Waals surface area contributed by atoms with E-state index in [-0.39, 0.29) is 29.6 Å². The van der Waals surface area contributed by atoms with E-state index in [1.807, 2.05) is 37.3 Å². The molecule has 7 heteroatoms. The van der Waals surface area contributed by atoms with Gasteiger partial charge in [-0.2, -0.15) is 0 Å². The molecule has 154 valence electrons. The van der Waals surface area contributed by atoms with Crippen molar-refractivity contribution in [1.29, 1.82) is 0 Å². The molecule has 3 rings (SSSR count). The van der Waals surface area contributed by atoms with Crippen LogP contribution in [0.5, 0.6) is 0 Å². The van der Waals surface area contributed by atoms with Crippen LogP contribution in [-0.2, 0) is 0 Å². The van der Waals surface area contributed by atoms with Gasteiger partial charge < -0.3 is 20.9 Å². The number of nitrogens with one attached hydrogen (secondary N) is 2. The molecule has 29 heavy (non-hydrogen) atoms. The Morgan fingerprint density at radius 1 is 1.10 bits per heavy atom. The molecule has 0 radical (unpaired) electrons. The van der Waals surface area contributed by atoms with Gasteiger partial charge in [-0.15, -0.1) is 0 Å². The van der Waals surface area contributed by atoms with Crippen molar-refractivity contribution in [2.75, 3.05) is 7.05 Å². The second-order valence-corrected chi connectivity index (χ2v) is 7.61. The fraction of sp³-hybridized carbons (Fsp3) is 0.409. The molecule has 2 aromatic rings. The Hall–Kier alpha value is -2.93. The number of hydrogen-bond donors (Lipinski definition) is 3. The summed E-state index contributed by atoms with van der Waals surface area (Å²) < 4.78 is 1.45. The third-order valence-corrected chi connectivity index (χ3v) is 5.58. The molecule has 1 saturated carbocycles. The van der Waals surface area contributed by atoms with E-state index in [0.29, 0.717) is 5.56 Å². The second kappa shape index (κ2) is 9.05. The molecule has 0 aliphatic heterocycles. The van der Waals surface area contributed by atoms with E-state index in [1.54, 1.807) is 0 Å². The monoisotopic (exact) mass is 396 g/mol. The predicted octanol–water partition coefficient (Wildman–Crippen LogP) is 1.82. The average Bonchev–Trinajstić information content (AvgIpc) is 2.75. The summed E-state index contributed by atoms with van der Waals surface area (Å²) in [5, 5.41) is 5.51. The molecule has 0 saturated heterocycles. The number of aromatic nitrogens is 1. The van der Waals surface area contributed by atoms with Crippen molar-refractivity contribution in [1.82, 2.24) is 15.2 Å². The van der Waals surface area contributed by atoms with Crippen molar-refractivity contribution in [3.63, 3.8) is 0 Å². The van der Waals surface area contributed by atoms with Crippen molar-refractivity contribution in [2.24, 2.45) is 5.73 Å². The summed E-state index contributed by atoms with van der Waals surface area (Å²) in [6, 6.07) is 10.8. The summed E-state index contributed by atoms with van der Waals surface area (Å²) in [5.74, 6) is -0.799. The maximum absolute atomic E-state index is 12.9. The van der Waals surface area contributed by atoms with Gasteiger partial charge >= 0.3 is 0 Å². The normalized spacial score (nSPS) is 20.0. The quantitative estimate of drug-likeness (QED) is 0.717. The number of rotatable bonds is 5. The maximum Gasteiger partial charge on any atom is 0.264 e. The first-order valence-electron chi connectivity index (χ1n) is 10.0. The lowest BCUT2D eigenvalue weighted by molar-refractivity contribution is 0.0925. The molecule has 1 aliphatic rings. The number of amides is 2. The minimum absolute atomic E-state index is 0.0476. The zero-order chi connectivity index (χ0) is 21.0. The van der Waals surface area contributed by atoms with Crippen LogP contribution in [0, 0.1) is 0 Å². The first-order valence-corrected chi connectivity index (χ1v) is 10.0. The molecule has 1 atom stereocenters. The zero-order valence-electron chi connectivity index (χ0n) is 16.9. The van der Waals surface area contributed by atoms with E-state index in [1.165, 1.54) is 23.9 Å². The highest BCUT2D eigenvalue weighted by atomic mass is 16.2. The third-order valence-electron chi connectivity index (χ3n) is 5.58. The molecule has 1 aliphatic carbocycles. The van der Waals surface area contributed by atoms with Crippen LogP contribution in [0.4, 0.5) is 0 Å². The Morgan fingerprint density at radius 3 is 2.38 bits per heavy atom. The molecule has 7 nitrogen and oxygen atoms in total. The summed E-state index contributed by atoms with van der Waals surface area (Å²) in [4.78, 5) is 38.1. The van der Waals surface area contributed by atoms with Gasteiger partial charge in [0, 0.05) is 25.3 Å². The zero-order valence-corrected chi connectivity index (χ0v) is 16.9. The van der Waals surface area contributed by atoms with Crippen LogP contribution in [0.3, 0.4) is 0 Å². The molecule has 1 heterocycles. The van der Waals surface area contributed by atoms with E-state index >= 15 is 0 Å². The van der Waals surface area contributed by atoms with Gasteiger partial charge in [0.25, 0.3) is 17.4 Å². The highest BCUT2D eigenvalue weighted by molar-refractivity contribution is 5.99. The van der Waals surface area contributed by atoms with E-state index in [2.05, 4.69) is 10.6 Å². The van der Waals surface area contributed by atoms with E-state index in [4.69, 9.17) is 5.73 Å². The number of nitrogens with zero attached hydrogens (tertiary/aromatic N) is 1. The van der Waals surface area contributed by atoms with Crippen molar-refractivity contribution in [3.05, 3.63) is 69.6 Å². The van der Waals surface area contributed by atoms with Gasteiger partial charge in [0.2, 0.25) is 0 Å². The van der Waals surface area contributed by atoms with Gasteiger partial charge in [0.05, 0.1) is 11.6 Å². The Bertz CT molecular complexity index is 931. The summed E-state index contributed by atoms with van der Waals surface area (Å²) in [5.41, 5.74) is 6.67. The Kier molecular flexibility index (Phi) is 6.49. The van der Waals surface area contributed by atoms with Crippen LogP contribution in [0.15, 0.2) is 47.4 Å². The Labute approximate surface area is 170 Å². The number of nitrogens with two attached hydrogens (primary N) is 1. The van der Waals surface area contributed by atoms with Crippen LogP contribution in [0.2, 0.25) is 0 Å². The van der Waals surface area contributed by atoms with Gasteiger partial charge in [-0.05, 0) is 44.2 Å². The minimum atomic E-state index is -0.512. The lowest BCUT2D eigenvalue weighted by Gasteiger charge is -2.27. The molecular weight excluding hydrogens is 368 g/mol. The molecule has 0 unspecified atom stereocenters. The topological polar surface area (TPSA) is 106 Å². The van der Waals surface area contributed by atoms with Crippen molar-refractivity contribution in [2.45, 2.75) is 50.7 Å². The SMILES string of the molecule is CNC(=O)c1cc(C(=O)NC2CCC(N)CC2)cn([C@H](C)c2ccccc2)c1=O. The Morgan fingerprint density at radius 2 is 1.76 bits per heavy atom. The highest BCUT2D eigenvalue weighted by Gasteiger charge is 2.23. The predicted molar refractivity (Wildman–Crippen MR) is 112 cm³/mol.